The van der Waals surface area contributed by atoms with Gasteiger partial charge in [-0.25, -0.2) is 4.98 Å². The number of hydrogen-bond acceptors (Lipinski definition) is 2. The largest absolute Gasteiger partial charge is 0.431 e. The van der Waals surface area contributed by atoms with E-state index in [0.29, 0.717) is 5.65 Å². The van der Waals surface area contributed by atoms with Crippen LogP contribution in [0.15, 0.2) is 18.3 Å². The molecule has 0 spiro atoms. The summed E-state index contributed by atoms with van der Waals surface area (Å²) in [6.45, 7) is 3.12. The van der Waals surface area contributed by atoms with Crippen molar-refractivity contribution in [2.24, 2.45) is 0 Å². The first kappa shape index (κ1) is 11.8. The fraction of sp³-hybridized carbons (Fsp3) is 0.417. The van der Waals surface area contributed by atoms with Gasteiger partial charge in [0, 0.05) is 11.9 Å². The Kier molecular flexibility index (Phi) is 3.00. The van der Waals surface area contributed by atoms with Gasteiger partial charge in [0.1, 0.15) is 0 Å². The Morgan fingerprint density at radius 1 is 1.35 bits per heavy atom. The summed E-state index contributed by atoms with van der Waals surface area (Å²) >= 11 is 0. The lowest BCUT2D eigenvalue weighted by atomic mass is 10.1. The molecule has 92 valence electrons. The smallest absolute Gasteiger partial charge is 0.387 e. The molecular formula is C12H14F2N2O. The van der Waals surface area contributed by atoms with Gasteiger partial charge in [-0.1, -0.05) is 13.8 Å². The molecule has 0 saturated carbocycles. The number of pyridine rings is 1. The second kappa shape index (κ2) is 4.31. The second-order valence-corrected chi connectivity index (χ2v) is 4.18. The molecule has 0 aliphatic rings. The predicted molar refractivity (Wildman–Crippen MR) is 60.7 cm³/mol. The molecule has 2 rings (SSSR count). The fourth-order valence-corrected chi connectivity index (χ4v) is 1.91. The molecule has 0 unspecified atom stereocenters. The van der Waals surface area contributed by atoms with E-state index in [1.807, 2.05) is 20.8 Å². The molecule has 2 aromatic rings. The zero-order chi connectivity index (χ0) is 12.6. The summed E-state index contributed by atoms with van der Waals surface area (Å²) in [5.41, 5.74) is 2.29. The molecule has 0 N–H and O–H groups in total. The molecule has 0 saturated heterocycles. The first-order chi connectivity index (χ1) is 8.00. The summed E-state index contributed by atoms with van der Waals surface area (Å²) in [5, 5.41) is 0. The maximum absolute atomic E-state index is 12.3. The first-order valence-electron chi connectivity index (χ1n) is 5.43. The molecule has 5 heteroatoms. The Labute approximate surface area is 98.0 Å². The van der Waals surface area contributed by atoms with Gasteiger partial charge in [-0.2, -0.15) is 8.78 Å². The minimum atomic E-state index is -2.83. The third-order valence-corrected chi connectivity index (χ3v) is 2.65. The molecule has 0 aliphatic carbocycles. The number of aromatic nitrogens is 2. The Hall–Kier alpha value is -1.65. The van der Waals surface area contributed by atoms with Gasteiger partial charge in [-0.15, -0.1) is 0 Å². The average molecular weight is 240 g/mol. The lowest BCUT2D eigenvalue weighted by Crippen LogP contribution is -2.03. The van der Waals surface area contributed by atoms with Crippen LogP contribution in [0.5, 0.6) is 5.75 Å². The van der Waals surface area contributed by atoms with Gasteiger partial charge in [0.05, 0.1) is 5.69 Å². The Bertz CT molecular complexity index is 535. The zero-order valence-corrected chi connectivity index (χ0v) is 9.95. The molecule has 3 nitrogen and oxygen atoms in total. The first-order valence-corrected chi connectivity index (χ1v) is 5.43. The number of hydrogen-bond donors (Lipinski definition) is 0. The van der Waals surface area contributed by atoms with Crippen molar-refractivity contribution in [3.63, 3.8) is 0 Å². The van der Waals surface area contributed by atoms with Gasteiger partial charge in [-0.3, -0.25) is 0 Å². The van der Waals surface area contributed by atoms with Gasteiger partial charge < -0.3 is 9.14 Å². The third-order valence-electron chi connectivity index (χ3n) is 2.65. The average Bonchev–Trinajstić information content (AvgIpc) is 2.57. The highest BCUT2D eigenvalue weighted by Gasteiger charge is 2.16. The van der Waals surface area contributed by atoms with Crippen molar-refractivity contribution in [2.45, 2.75) is 33.3 Å². The summed E-state index contributed by atoms with van der Waals surface area (Å²) in [5.74, 6) is 0.354. The number of halogens is 2. The number of aryl methyl sites for hydroxylation is 1. The number of rotatable bonds is 3. The second-order valence-electron chi connectivity index (χ2n) is 4.18. The van der Waals surface area contributed by atoms with Crippen LogP contribution in [0, 0.1) is 6.92 Å². The molecule has 0 radical (unpaired) electrons. The van der Waals surface area contributed by atoms with E-state index in [1.54, 1.807) is 16.7 Å². The van der Waals surface area contributed by atoms with Gasteiger partial charge in [0.2, 0.25) is 0 Å². The zero-order valence-electron chi connectivity index (χ0n) is 9.95. The number of ether oxygens (including phenoxy) is 1. The standard InChI is InChI=1S/C12H14F2N2O/c1-7(2)10-8(3)16-6-4-5-9(11(16)15-10)17-12(13)14/h4-7,12H,1-3H3. The molecule has 0 amide bonds. The van der Waals surface area contributed by atoms with Crippen LogP contribution in [0.25, 0.3) is 5.65 Å². The maximum atomic E-state index is 12.3. The number of imidazole rings is 1. The SMILES string of the molecule is Cc1c(C(C)C)nc2c(OC(F)F)cccn12. The van der Waals surface area contributed by atoms with Crippen molar-refractivity contribution in [3.8, 4) is 5.75 Å². The van der Waals surface area contributed by atoms with Crippen molar-refractivity contribution in [3.05, 3.63) is 29.7 Å². The summed E-state index contributed by atoms with van der Waals surface area (Å²) in [6, 6.07) is 3.17. The molecule has 0 bridgehead atoms. The fourth-order valence-electron chi connectivity index (χ4n) is 1.91. The maximum Gasteiger partial charge on any atom is 0.387 e. The van der Waals surface area contributed by atoms with Crippen molar-refractivity contribution in [1.29, 1.82) is 0 Å². The van der Waals surface area contributed by atoms with Crippen LogP contribution in [0.3, 0.4) is 0 Å². The van der Waals surface area contributed by atoms with Crippen LogP contribution in [-0.4, -0.2) is 16.0 Å². The van der Waals surface area contributed by atoms with Gasteiger partial charge in [0.25, 0.3) is 0 Å². The highest BCUT2D eigenvalue weighted by molar-refractivity contribution is 5.56. The lowest BCUT2D eigenvalue weighted by molar-refractivity contribution is -0.0491. The molecule has 0 aromatic carbocycles. The third kappa shape index (κ3) is 2.09. The summed E-state index contributed by atoms with van der Waals surface area (Å²) in [7, 11) is 0. The number of fused-ring (bicyclic) bond motifs is 1. The van der Waals surface area contributed by atoms with Crippen LogP contribution >= 0.6 is 0 Å². The highest BCUT2D eigenvalue weighted by atomic mass is 19.3. The van der Waals surface area contributed by atoms with Gasteiger partial charge in [0.15, 0.2) is 11.4 Å². The molecule has 0 aliphatic heterocycles. The van der Waals surface area contributed by atoms with Crippen LogP contribution in [0.4, 0.5) is 8.78 Å². The minimum Gasteiger partial charge on any atom is -0.431 e. The number of nitrogens with zero attached hydrogens (tertiary/aromatic N) is 2. The van der Waals surface area contributed by atoms with Crippen molar-refractivity contribution in [2.75, 3.05) is 0 Å². The van der Waals surface area contributed by atoms with Crippen molar-refractivity contribution >= 4 is 5.65 Å². The van der Waals surface area contributed by atoms with E-state index in [1.165, 1.54) is 6.07 Å². The predicted octanol–water partition coefficient (Wildman–Crippen LogP) is 3.37. The molecule has 2 heterocycles. The normalized spacial score (nSPS) is 11.7. The molecule has 17 heavy (non-hydrogen) atoms. The lowest BCUT2D eigenvalue weighted by Gasteiger charge is -2.05. The van der Waals surface area contributed by atoms with Crippen molar-refractivity contribution in [1.82, 2.24) is 9.38 Å². The van der Waals surface area contributed by atoms with Crippen LogP contribution in [-0.2, 0) is 0 Å². The van der Waals surface area contributed by atoms with Crippen LogP contribution in [0.2, 0.25) is 0 Å². The molecule has 0 atom stereocenters. The Morgan fingerprint density at radius 2 is 2.06 bits per heavy atom. The number of alkyl halides is 2. The molecule has 2 aromatic heterocycles. The van der Waals surface area contributed by atoms with Crippen LogP contribution < -0.4 is 4.74 Å². The topological polar surface area (TPSA) is 26.5 Å². The summed E-state index contributed by atoms with van der Waals surface area (Å²) in [4.78, 5) is 4.37. The van der Waals surface area contributed by atoms with Gasteiger partial charge >= 0.3 is 6.61 Å². The van der Waals surface area contributed by atoms with Crippen molar-refractivity contribution < 1.29 is 13.5 Å². The summed E-state index contributed by atoms with van der Waals surface area (Å²) < 4.78 is 30.7. The Morgan fingerprint density at radius 3 is 2.65 bits per heavy atom. The van der Waals surface area contributed by atoms with E-state index < -0.39 is 6.61 Å². The van der Waals surface area contributed by atoms with E-state index in [2.05, 4.69) is 9.72 Å². The molecular weight excluding hydrogens is 226 g/mol. The summed E-state index contributed by atoms with van der Waals surface area (Å²) in [6.07, 6.45) is 1.79. The van der Waals surface area contributed by atoms with E-state index in [-0.39, 0.29) is 11.7 Å². The van der Waals surface area contributed by atoms with Crippen LogP contribution in [0.1, 0.15) is 31.2 Å². The van der Waals surface area contributed by atoms with Gasteiger partial charge in [-0.05, 0) is 25.0 Å². The minimum absolute atomic E-state index is 0.109. The van der Waals surface area contributed by atoms with E-state index in [0.717, 1.165) is 11.4 Å². The van der Waals surface area contributed by atoms with E-state index >= 15 is 0 Å². The molecule has 0 fully saturated rings. The highest BCUT2D eigenvalue weighted by Crippen LogP contribution is 2.26. The quantitative estimate of drug-likeness (QED) is 0.822. The van der Waals surface area contributed by atoms with E-state index in [9.17, 15) is 8.78 Å². The monoisotopic (exact) mass is 240 g/mol. The Balaban J connectivity index is 2.60. The van der Waals surface area contributed by atoms with E-state index in [4.69, 9.17) is 0 Å².